The molecule has 1 aromatic heterocycles. The number of halogens is 4. The Labute approximate surface area is 141 Å². The number of anilines is 3. The van der Waals surface area contributed by atoms with Crippen LogP contribution in [0.3, 0.4) is 0 Å². The van der Waals surface area contributed by atoms with Gasteiger partial charge in [-0.1, -0.05) is 11.6 Å². The summed E-state index contributed by atoms with van der Waals surface area (Å²) in [5.74, 6) is -0.286. The van der Waals surface area contributed by atoms with E-state index >= 15 is 0 Å². The molecule has 0 saturated carbocycles. The summed E-state index contributed by atoms with van der Waals surface area (Å²) in [6.45, 7) is 5.34. The van der Waals surface area contributed by atoms with Crippen LogP contribution in [0, 0.1) is 0 Å². The summed E-state index contributed by atoms with van der Waals surface area (Å²) in [7, 11) is 0. The van der Waals surface area contributed by atoms with Crippen molar-refractivity contribution in [2.45, 2.75) is 32.5 Å². The van der Waals surface area contributed by atoms with Crippen molar-refractivity contribution in [3.05, 3.63) is 35.0 Å². The normalized spacial score (nSPS) is 12.1. The maximum atomic E-state index is 13.0. The van der Waals surface area contributed by atoms with E-state index in [9.17, 15) is 18.3 Å². The Kier molecular flexibility index (Phi) is 4.80. The van der Waals surface area contributed by atoms with Crippen LogP contribution in [0.4, 0.5) is 30.6 Å². The highest BCUT2D eigenvalue weighted by molar-refractivity contribution is 6.33. The van der Waals surface area contributed by atoms with Crippen LogP contribution in [0.25, 0.3) is 0 Å². The lowest BCUT2D eigenvalue weighted by Gasteiger charge is -2.21. The Morgan fingerprint density at radius 2 is 1.75 bits per heavy atom. The Morgan fingerprint density at radius 3 is 2.29 bits per heavy atom. The average Bonchev–Trinajstić information content (AvgIpc) is 2.39. The molecule has 0 bridgehead atoms. The van der Waals surface area contributed by atoms with E-state index < -0.39 is 17.4 Å². The number of phenols is 1. The molecule has 0 aliphatic rings. The minimum absolute atomic E-state index is 0.0562. The van der Waals surface area contributed by atoms with Crippen molar-refractivity contribution in [1.29, 1.82) is 0 Å². The number of rotatable bonds is 3. The first-order valence-electron chi connectivity index (χ1n) is 6.94. The van der Waals surface area contributed by atoms with Gasteiger partial charge < -0.3 is 15.7 Å². The molecule has 0 amide bonds. The first-order valence-corrected chi connectivity index (χ1v) is 7.32. The van der Waals surface area contributed by atoms with Gasteiger partial charge in [-0.15, -0.1) is 0 Å². The van der Waals surface area contributed by atoms with E-state index in [1.807, 2.05) is 0 Å². The molecular weight excluding hydrogens is 345 g/mol. The summed E-state index contributed by atoms with van der Waals surface area (Å²) in [4.78, 5) is 7.54. The molecular formula is C15H16ClF3N4O. The summed E-state index contributed by atoms with van der Waals surface area (Å²) in [6.07, 6.45) is -4.62. The number of hydrogen-bond acceptors (Lipinski definition) is 5. The van der Waals surface area contributed by atoms with Gasteiger partial charge in [0.25, 0.3) is 0 Å². The molecule has 5 nitrogen and oxygen atoms in total. The highest BCUT2D eigenvalue weighted by Crippen LogP contribution is 2.33. The molecule has 0 atom stereocenters. The molecule has 24 heavy (non-hydrogen) atoms. The predicted molar refractivity (Wildman–Crippen MR) is 86.8 cm³/mol. The zero-order valence-electron chi connectivity index (χ0n) is 13.2. The highest BCUT2D eigenvalue weighted by Gasteiger charge is 2.34. The summed E-state index contributed by atoms with van der Waals surface area (Å²) < 4.78 is 39.1. The molecule has 0 aliphatic carbocycles. The van der Waals surface area contributed by atoms with E-state index in [4.69, 9.17) is 11.6 Å². The number of aromatic hydroxyl groups is 1. The van der Waals surface area contributed by atoms with E-state index in [-0.39, 0.29) is 22.5 Å². The lowest BCUT2D eigenvalue weighted by atomic mass is 10.1. The highest BCUT2D eigenvalue weighted by atomic mass is 35.5. The maximum Gasteiger partial charge on any atom is 0.433 e. The van der Waals surface area contributed by atoms with Crippen molar-refractivity contribution < 1.29 is 18.3 Å². The van der Waals surface area contributed by atoms with Gasteiger partial charge in [0.2, 0.25) is 5.95 Å². The summed E-state index contributed by atoms with van der Waals surface area (Å²) in [5, 5.41) is 15.0. The van der Waals surface area contributed by atoms with Gasteiger partial charge in [-0.05, 0) is 32.9 Å². The van der Waals surface area contributed by atoms with Gasteiger partial charge in [0.15, 0.2) is 5.69 Å². The molecule has 3 N–H and O–H groups in total. The van der Waals surface area contributed by atoms with E-state index in [0.29, 0.717) is 5.69 Å². The van der Waals surface area contributed by atoms with Crippen LogP contribution < -0.4 is 10.6 Å². The Morgan fingerprint density at radius 1 is 1.08 bits per heavy atom. The number of alkyl halides is 3. The fourth-order valence-electron chi connectivity index (χ4n) is 1.79. The van der Waals surface area contributed by atoms with E-state index in [0.717, 1.165) is 6.07 Å². The lowest BCUT2D eigenvalue weighted by Crippen LogP contribution is -2.28. The second kappa shape index (κ2) is 6.35. The predicted octanol–water partition coefficient (Wildman–Crippen LogP) is 4.81. The van der Waals surface area contributed by atoms with Gasteiger partial charge in [-0.3, -0.25) is 0 Å². The molecule has 2 rings (SSSR count). The monoisotopic (exact) mass is 360 g/mol. The summed E-state index contributed by atoms with van der Waals surface area (Å²) in [5.41, 5.74) is -1.29. The zero-order valence-corrected chi connectivity index (χ0v) is 13.9. The van der Waals surface area contributed by atoms with Crippen LogP contribution >= 0.6 is 11.6 Å². The van der Waals surface area contributed by atoms with Crippen molar-refractivity contribution in [1.82, 2.24) is 9.97 Å². The minimum atomic E-state index is -4.62. The van der Waals surface area contributed by atoms with Crippen LogP contribution in [0.2, 0.25) is 5.02 Å². The lowest BCUT2D eigenvalue weighted by molar-refractivity contribution is -0.141. The molecule has 1 heterocycles. The first-order chi connectivity index (χ1) is 10.9. The SMILES string of the molecule is CC(C)(C)Nc1nc(Nc2ccc(O)cc2Cl)cc(C(F)(F)F)n1. The third-order valence-electron chi connectivity index (χ3n) is 2.72. The molecule has 2 aromatic rings. The topological polar surface area (TPSA) is 70.1 Å². The van der Waals surface area contributed by atoms with Crippen molar-refractivity contribution in [2.24, 2.45) is 0 Å². The molecule has 0 aliphatic heterocycles. The second-order valence-corrected chi connectivity index (χ2v) is 6.53. The van der Waals surface area contributed by atoms with E-state index in [1.54, 1.807) is 20.8 Å². The van der Waals surface area contributed by atoms with Crippen LogP contribution in [-0.2, 0) is 6.18 Å². The molecule has 0 unspecified atom stereocenters. The standard InChI is InChI=1S/C15H16ClF3N4O/c1-14(2,3)23-13-21-11(15(17,18)19)7-12(22-13)20-10-5-4-8(24)6-9(10)16/h4-7,24H,1-3H3,(H2,20,21,22,23). The van der Waals surface area contributed by atoms with Crippen LogP contribution in [0.1, 0.15) is 26.5 Å². The number of nitrogens with one attached hydrogen (secondary N) is 2. The summed E-state index contributed by atoms with van der Waals surface area (Å²) in [6, 6.07) is 4.85. The molecule has 0 spiro atoms. The van der Waals surface area contributed by atoms with Gasteiger partial charge in [0.1, 0.15) is 11.6 Å². The van der Waals surface area contributed by atoms with Gasteiger partial charge in [-0.2, -0.15) is 18.2 Å². The van der Waals surface area contributed by atoms with Gasteiger partial charge in [0.05, 0.1) is 10.7 Å². The molecule has 130 valence electrons. The fraction of sp³-hybridized carbons (Fsp3) is 0.333. The van der Waals surface area contributed by atoms with E-state index in [1.165, 1.54) is 18.2 Å². The number of benzene rings is 1. The van der Waals surface area contributed by atoms with Gasteiger partial charge >= 0.3 is 6.18 Å². The number of aromatic nitrogens is 2. The number of hydrogen-bond donors (Lipinski definition) is 3. The van der Waals surface area contributed by atoms with Crippen LogP contribution in [-0.4, -0.2) is 20.6 Å². The average molecular weight is 361 g/mol. The van der Waals surface area contributed by atoms with Crippen molar-refractivity contribution in [3.63, 3.8) is 0 Å². The van der Waals surface area contributed by atoms with E-state index in [2.05, 4.69) is 20.6 Å². The Balaban J connectivity index is 2.42. The zero-order chi connectivity index (χ0) is 18.1. The minimum Gasteiger partial charge on any atom is -0.508 e. The maximum absolute atomic E-state index is 13.0. The van der Waals surface area contributed by atoms with Gasteiger partial charge in [-0.25, -0.2) is 4.98 Å². The van der Waals surface area contributed by atoms with Crippen molar-refractivity contribution in [3.8, 4) is 5.75 Å². The molecule has 0 fully saturated rings. The molecule has 1 aromatic carbocycles. The fourth-order valence-corrected chi connectivity index (χ4v) is 2.01. The van der Waals surface area contributed by atoms with Crippen molar-refractivity contribution >= 4 is 29.1 Å². The Bertz CT molecular complexity index is 744. The molecule has 9 heteroatoms. The summed E-state index contributed by atoms with van der Waals surface area (Å²) >= 11 is 5.95. The number of phenolic OH excluding ortho intramolecular Hbond substituents is 1. The van der Waals surface area contributed by atoms with Crippen molar-refractivity contribution in [2.75, 3.05) is 10.6 Å². The third kappa shape index (κ3) is 4.89. The van der Waals surface area contributed by atoms with Crippen LogP contribution in [0.15, 0.2) is 24.3 Å². The molecule has 0 radical (unpaired) electrons. The van der Waals surface area contributed by atoms with Crippen LogP contribution in [0.5, 0.6) is 5.75 Å². The smallest absolute Gasteiger partial charge is 0.433 e. The quantitative estimate of drug-likeness (QED) is 0.685. The van der Waals surface area contributed by atoms with Gasteiger partial charge in [0, 0.05) is 17.7 Å². The molecule has 0 saturated heterocycles. The second-order valence-electron chi connectivity index (χ2n) is 6.12. The number of nitrogens with zero attached hydrogens (tertiary/aromatic N) is 2. The first kappa shape index (κ1) is 18.1. The largest absolute Gasteiger partial charge is 0.508 e. The Hall–Kier alpha value is -2.22. The third-order valence-corrected chi connectivity index (χ3v) is 3.03.